The van der Waals surface area contributed by atoms with Gasteiger partial charge in [-0.25, -0.2) is 31.9 Å². The smallest absolute Gasteiger partial charge is 0.311 e. The van der Waals surface area contributed by atoms with Crippen LogP contribution in [0.15, 0.2) is 121 Å². The predicted molar refractivity (Wildman–Crippen MR) is 344 cm³/mol. The summed E-state index contributed by atoms with van der Waals surface area (Å²) in [5.74, 6) is 0. The summed E-state index contributed by atoms with van der Waals surface area (Å²) in [7, 11) is 22.2. The van der Waals surface area contributed by atoms with Crippen molar-refractivity contribution in [3.63, 3.8) is 0 Å². The maximum absolute atomic E-state index is 3.10. The topological polar surface area (TPSA) is 42.7 Å². The summed E-state index contributed by atoms with van der Waals surface area (Å²) in [6.45, 7) is 35.1. The van der Waals surface area contributed by atoms with Crippen molar-refractivity contribution in [2.24, 2.45) is 77.5 Å². The molecule has 10 aromatic rings. The van der Waals surface area contributed by atoms with Crippen LogP contribution in [-0.4, -0.2) is 0 Å². The van der Waals surface area contributed by atoms with Gasteiger partial charge in [0.25, 0.3) is 18.1 Å². The van der Waals surface area contributed by atoms with Crippen LogP contribution in [0.1, 0.15) is 96.8 Å². The number of aromatic nitrogens is 11. The zero-order chi connectivity index (χ0) is 66.8. The Morgan fingerprint density at radius 1 is 0.287 bits per heavy atom. The van der Waals surface area contributed by atoms with Gasteiger partial charge in [-0.1, -0.05) is 0 Å². The third kappa shape index (κ3) is 40.3. The quantitative estimate of drug-likeness (QED) is 0.119. The standard InChI is InChI=1S/7C8H11N.C7H10N2.C7H9N.C7H8N.2Ar.4W/c7*1-7-5-4-6-8(2)9(7)3;1-7-6-8(2)4-5-9(7)3;2*1-7-5-3-4-6-8(7)2;;;;;;/h4*5-6H,1-3H3;3*4-5H,1-3H3;6H,1-3H3;3-5H,1-2H3;3,5H,1-2H3;;;;;;/q;;;;;;;+2;;+1;;;4*+2. The second-order valence-electron chi connectivity index (χ2n) is 21.8. The van der Waals surface area contributed by atoms with Gasteiger partial charge in [-0.05, 0) is 62.3 Å². The van der Waals surface area contributed by atoms with E-state index in [0.29, 0.717) is 0 Å². The van der Waals surface area contributed by atoms with E-state index < -0.39 is 0 Å². The molecule has 0 bridgehead atoms. The van der Waals surface area contributed by atoms with E-state index in [4.69, 9.17) is 0 Å². The van der Waals surface area contributed by atoms with Crippen LogP contribution in [0.2, 0.25) is 0 Å². The van der Waals surface area contributed by atoms with E-state index in [1.54, 1.807) is 0 Å². The molecule has 0 radical (unpaired) electrons. The summed E-state index contributed by atoms with van der Waals surface area (Å²) in [5, 5.41) is 0. The largest absolute Gasteiger partial charge is 2.00 e. The fourth-order valence-corrected chi connectivity index (χ4v) is 6.98. The Morgan fingerprint density at radius 2 is 0.574 bits per heavy atom. The summed E-state index contributed by atoms with van der Waals surface area (Å²) >= 11 is 0. The van der Waals surface area contributed by atoms with Crippen LogP contribution in [0.5, 0.6) is 0 Å². The van der Waals surface area contributed by atoms with Crippen LogP contribution in [-0.2, 0) is 162 Å². The molecule has 0 fully saturated rings. The number of hydrogen-bond donors (Lipinski definition) is 0. The Balaban J connectivity index is -0.000000227. The zero-order valence-electron chi connectivity index (χ0n) is 61.3. The van der Waals surface area contributed by atoms with Gasteiger partial charge in [-0.15, -0.1) is 92.6 Å². The van der Waals surface area contributed by atoms with Crippen LogP contribution in [0.4, 0.5) is 0 Å². The normalized spacial score (nSPS) is 8.81. The van der Waals surface area contributed by atoms with Gasteiger partial charge in [-0.3, -0.25) is 0 Å². The SMILES string of the molecule is Cc1[c-]ccc(C)[n+]1C.Cc1[c-]ccc(C)[n+]1C.Cc1[c-]ccc(C)[n+]1C.Cc1c[c-]cc(C)[n+]1C.Cc1c[c-]cc(C)[n+]1C.Cc1c[c-]cc(C)[n+]1C.Cc1c[c-]cc(C)[n+]1C.Cc1c[n+](C)c#c[n+]1C.Cc1ccc#c[n+]1C.Cc1ccc[c-][n+]1C.[Ar].[Ar].[W+2].[W+2].[W+2].[W+2]. The molecule has 10 heterocycles. The molecule has 0 N–H and O–H groups in total. The molecule has 496 valence electrons. The van der Waals surface area contributed by atoms with E-state index in [1.807, 2.05) is 218 Å². The fourth-order valence-electron chi connectivity index (χ4n) is 6.98. The van der Waals surface area contributed by atoms with Crippen molar-refractivity contribution in [2.75, 3.05) is 0 Å². The van der Waals surface area contributed by atoms with E-state index in [9.17, 15) is 0 Å². The van der Waals surface area contributed by atoms with E-state index in [2.05, 4.69) is 223 Å². The van der Waals surface area contributed by atoms with Gasteiger partial charge in [0.2, 0.25) is 12.4 Å². The molecular formula is C77H104Ar2N11W4+11. The summed E-state index contributed by atoms with van der Waals surface area (Å²) < 4.78 is 22.5. The van der Waals surface area contributed by atoms with E-state index in [0.717, 1.165) is 0 Å². The number of pyridine rings is 8. The molecule has 0 aliphatic heterocycles. The van der Waals surface area contributed by atoms with Gasteiger partial charge in [0, 0.05) is 149 Å². The van der Waals surface area contributed by atoms with Gasteiger partial charge in [0.1, 0.15) is 83.7 Å². The molecule has 0 unspecified atom stereocenters. The van der Waals surface area contributed by atoms with E-state index in [1.165, 1.54) is 96.8 Å². The maximum Gasteiger partial charge on any atom is 2.00 e. The average Bonchev–Trinajstić information content (AvgIpc) is 2.32. The molecule has 0 saturated heterocycles. The van der Waals surface area contributed by atoms with E-state index >= 15 is 0 Å². The molecule has 0 aromatic carbocycles. The third-order valence-corrected chi connectivity index (χ3v) is 15.2. The Bertz CT molecular complexity index is 3020. The first-order valence-corrected chi connectivity index (χ1v) is 29.4. The Labute approximate surface area is 688 Å². The minimum atomic E-state index is 0. The number of nitrogens with zero attached hydrogens (tertiary/aromatic N) is 11. The molecule has 94 heavy (non-hydrogen) atoms. The van der Waals surface area contributed by atoms with Crippen molar-refractivity contribution in [2.45, 2.75) is 118 Å². The molecule has 17 heteroatoms. The van der Waals surface area contributed by atoms with Gasteiger partial charge in [0.15, 0.2) is 5.69 Å². The van der Waals surface area contributed by atoms with Gasteiger partial charge < -0.3 is 22.8 Å². The summed E-state index contributed by atoms with van der Waals surface area (Å²) in [6, 6.07) is 62.0. The summed E-state index contributed by atoms with van der Waals surface area (Å²) in [5.41, 5.74) is 20.9. The molecule has 0 spiro atoms. The molecule has 0 aliphatic carbocycles. The fraction of sp³-hybridized carbons (Fsp3) is 0.364. The molecule has 0 aliphatic rings. The van der Waals surface area contributed by atoms with Crippen LogP contribution in [0.3, 0.4) is 0 Å². The molecule has 10 aromatic heterocycles. The number of hydrogen-bond acceptors (Lipinski definition) is 0. The molecular weight excluding hydrogens is 1890 g/mol. The maximum atomic E-state index is 3.10. The first kappa shape index (κ1) is 101. The van der Waals surface area contributed by atoms with Crippen molar-refractivity contribution >= 4 is 0 Å². The van der Waals surface area contributed by atoms with E-state index in [-0.39, 0.29) is 160 Å². The van der Waals surface area contributed by atoms with Crippen LogP contribution in [0, 0.1) is 266 Å². The monoisotopic (exact) mass is 2000 g/mol. The van der Waals surface area contributed by atoms with Crippen LogP contribution in [0.25, 0.3) is 0 Å². The summed E-state index contributed by atoms with van der Waals surface area (Å²) in [4.78, 5) is 0. The second-order valence-corrected chi connectivity index (χ2v) is 21.8. The zero-order valence-corrected chi connectivity index (χ0v) is 74.5. The Kier molecular flexibility index (Phi) is 59.6. The van der Waals surface area contributed by atoms with Crippen molar-refractivity contribution < 1.29 is 210 Å². The third-order valence-electron chi connectivity index (χ3n) is 15.2. The van der Waals surface area contributed by atoms with Crippen molar-refractivity contribution in [1.29, 1.82) is 0 Å². The molecule has 0 saturated carbocycles. The second kappa shape index (κ2) is 55.2. The van der Waals surface area contributed by atoms with Crippen molar-refractivity contribution in [1.82, 2.24) is 0 Å². The number of rotatable bonds is 0. The molecule has 11 nitrogen and oxygen atoms in total. The van der Waals surface area contributed by atoms with Crippen molar-refractivity contribution in [3.05, 3.63) is 292 Å². The molecule has 0 amide bonds. The van der Waals surface area contributed by atoms with Crippen molar-refractivity contribution in [3.8, 4) is 0 Å². The predicted octanol–water partition coefficient (Wildman–Crippen LogP) is 6.77. The Hall–Kier alpha value is -3.66. The van der Waals surface area contributed by atoms with Gasteiger partial charge in [0.05, 0.1) is 85.4 Å². The van der Waals surface area contributed by atoms with Crippen LogP contribution < -0.4 is 50.2 Å². The molecule has 10 rings (SSSR count). The number of aryl methyl sites for hydroxylation is 19. The van der Waals surface area contributed by atoms with Crippen LogP contribution >= 0.6 is 0 Å². The van der Waals surface area contributed by atoms with Gasteiger partial charge in [-0.2, -0.15) is 48.5 Å². The minimum Gasteiger partial charge on any atom is -0.311 e. The first-order valence-electron chi connectivity index (χ1n) is 29.4. The van der Waals surface area contributed by atoms with Gasteiger partial charge >= 0.3 is 84.3 Å². The minimum absolute atomic E-state index is 0. The Morgan fingerprint density at radius 3 is 0.755 bits per heavy atom. The summed E-state index contributed by atoms with van der Waals surface area (Å²) in [6.07, 6.45) is 13.7. The average molecular weight is 2000 g/mol. The first-order chi connectivity index (χ1) is 41.3. The molecule has 0 atom stereocenters.